The van der Waals surface area contributed by atoms with Gasteiger partial charge in [0.25, 0.3) is 6.43 Å². The number of rotatable bonds is 5. The van der Waals surface area contributed by atoms with E-state index in [0.29, 0.717) is 4.90 Å². The second-order valence-corrected chi connectivity index (χ2v) is 5.27. The van der Waals surface area contributed by atoms with E-state index in [1.807, 2.05) is 0 Å². The van der Waals surface area contributed by atoms with E-state index in [2.05, 4.69) is 6.08 Å². The van der Waals surface area contributed by atoms with Crippen LogP contribution in [0.3, 0.4) is 0 Å². The first-order valence-corrected chi connectivity index (χ1v) is 7.12. The molecule has 1 unspecified atom stereocenters. The fourth-order valence-corrected chi connectivity index (χ4v) is 2.36. The Morgan fingerprint density at radius 2 is 2.00 bits per heavy atom. The summed E-state index contributed by atoms with van der Waals surface area (Å²) in [7, 11) is 0. The number of halogens is 5. The Bertz CT molecular complexity index is 701. The summed E-state index contributed by atoms with van der Waals surface area (Å²) in [4.78, 5) is 12.5. The molecule has 0 N–H and O–H groups in total. The first-order valence-electron chi connectivity index (χ1n) is 6.68. The van der Waals surface area contributed by atoms with Crippen molar-refractivity contribution >= 4 is 23.2 Å². The molecule has 0 saturated heterocycles. The van der Waals surface area contributed by atoms with Gasteiger partial charge in [-0.05, 0) is 12.1 Å². The minimum Gasteiger partial charge on any atom is -0.479 e. The van der Waals surface area contributed by atoms with E-state index < -0.39 is 53.8 Å². The van der Waals surface area contributed by atoms with Gasteiger partial charge in [0, 0.05) is 32.7 Å². The Morgan fingerprint density at radius 3 is 2.52 bits per heavy atom. The molecule has 1 atom stereocenters. The molecule has 2 rings (SSSR count). The van der Waals surface area contributed by atoms with Crippen LogP contribution < -0.4 is 4.74 Å². The molecule has 0 aliphatic carbocycles. The van der Waals surface area contributed by atoms with Gasteiger partial charge < -0.3 is 9.64 Å². The summed E-state index contributed by atoms with van der Waals surface area (Å²) in [5.41, 5.74) is -1.11. The monoisotopic (exact) mass is 450 g/mol. The topological polar surface area (TPSA) is 53.3 Å². The molecule has 131 valence electrons. The zero-order valence-electron chi connectivity index (χ0n) is 12.6. The minimum atomic E-state index is -2.92. The number of nitrogens with zero attached hydrogens (tertiary/aromatic N) is 2. The fourth-order valence-electron chi connectivity index (χ4n) is 2.17. The summed E-state index contributed by atoms with van der Waals surface area (Å²) in [6.07, 6.45) is -0.586. The van der Waals surface area contributed by atoms with Gasteiger partial charge in [0.2, 0.25) is 5.91 Å². The molecular formula is C15H10ClF4N2O2Y-. The summed E-state index contributed by atoms with van der Waals surface area (Å²) >= 11 is 5.71. The van der Waals surface area contributed by atoms with Crippen molar-refractivity contribution in [3.05, 3.63) is 35.4 Å². The molecule has 0 saturated carbocycles. The minimum absolute atomic E-state index is 0. The van der Waals surface area contributed by atoms with E-state index in [0.717, 1.165) is 12.1 Å². The van der Waals surface area contributed by atoms with Crippen LogP contribution in [0.15, 0.2) is 12.1 Å². The third-order valence-corrected chi connectivity index (χ3v) is 3.47. The molecule has 4 nitrogen and oxygen atoms in total. The Morgan fingerprint density at radius 1 is 1.40 bits per heavy atom. The predicted octanol–water partition coefficient (Wildman–Crippen LogP) is 3.11. The third kappa shape index (κ3) is 5.16. The van der Waals surface area contributed by atoms with Gasteiger partial charge in [0.15, 0.2) is 6.61 Å². The number of benzene rings is 1. The van der Waals surface area contributed by atoms with Crippen molar-refractivity contribution in [2.45, 2.75) is 18.2 Å². The van der Waals surface area contributed by atoms with E-state index in [4.69, 9.17) is 21.6 Å². The van der Waals surface area contributed by atoms with E-state index in [1.165, 1.54) is 0 Å². The van der Waals surface area contributed by atoms with Crippen LogP contribution in [0.25, 0.3) is 5.70 Å². The second-order valence-electron chi connectivity index (χ2n) is 4.75. The van der Waals surface area contributed by atoms with Crippen molar-refractivity contribution in [1.29, 1.82) is 5.26 Å². The van der Waals surface area contributed by atoms with Crippen LogP contribution in [-0.4, -0.2) is 35.8 Å². The molecule has 1 aliphatic rings. The predicted molar refractivity (Wildman–Crippen MR) is 76.1 cm³/mol. The van der Waals surface area contributed by atoms with Crippen molar-refractivity contribution in [3.8, 4) is 11.8 Å². The smallest absolute Gasteiger partial charge is 0.256 e. The second kappa shape index (κ2) is 9.51. The van der Waals surface area contributed by atoms with Crippen LogP contribution in [0.4, 0.5) is 17.6 Å². The van der Waals surface area contributed by atoms with E-state index in [-0.39, 0.29) is 44.9 Å². The summed E-state index contributed by atoms with van der Waals surface area (Å²) < 4.78 is 58.7. The molecular weight excluding hydrogens is 441 g/mol. The summed E-state index contributed by atoms with van der Waals surface area (Å²) in [5.74, 6) is -3.39. The molecule has 0 aromatic heterocycles. The number of hydrogen-bond acceptors (Lipinski definition) is 3. The van der Waals surface area contributed by atoms with Crippen LogP contribution in [-0.2, 0) is 37.5 Å². The molecule has 25 heavy (non-hydrogen) atoms. The van der Waals surface area contributed by atoms with Crippen molar-refractivity contribution in [2.24, 2.45) is 0 Å². The number of ether oxygens (including phenoxy) is 1. The van der Waals surface area contributed by atoms with Gasteiger partial charge in [-0.15, -0.1) is 17.3 Å². The number of amides is 1. The maximum absolute atomic E-state index is 14.2. The first kappa shape index (κ1) is 21.9. The van der Waals surface area contributed by atoms with Crippen LogP contribution in [0.5, 0.6) is 5.75 Å². The molecule has 1 aromatic carbocycles. The summed E-state index contributed by atoms with van der Waals surface area (Å²) in [5, 5.41) is 7.27. The van der Waals surface area contributed by atoms with Crippen molar-refractivity contribution in [2.75, 3.05) is 13.2 Å². The molecule has 0 spiro atoms. The van der Waals surface area contributed by atoms with Crippen LogP contribution >= 0.6 is 11.6 Å². The molecule has 0 bridgehead atoms. The third-order valence-electron chi connectivity index (χ3n) is 3.13. The summed E-state index contributed by atoms with van der Waals surface area (Å²) in [6.45, 7) is -1.48. The number of alkyl halides is 3. The van der Waals surface area contributed by atoms with Gasteiger partial charge in [-0.3, -0.25) is 4.79 Å². The van der Waals surface area contributed by atoms with E-state index in [9.17, 15) is 22.4 Å². The Kier molecular flexibility index (Phi) is 8.32. The van der Waals surface area contributed by atoms with Crippen LogP contribution in [0, 0.1) is 29.0 Å². The molecule has 1 amide bonds. The zero-order chi connectivity index (χ0) is 17.9. The number of hydrogen-bond donors (Lipinski definition) is 0. The molecule has 0 fully saturated rings. The van der Waals surface area contributed by atoms with Crippen molar-refractivity contribution < 1.29 is 59.8 Å². The zero-order valence-corrected chi connectivity index (χ0v) is 16.2. The number of carbonyl (C=O) groups excluding carboxylic acids is 1. The standard InChI is InChI=1S/C15H10ClF4N2O2.Y/c16-9-1-2-12(22(15(9)23)7-13(19)20)14-10(17)5-8(6-11(14)18)24-4-3-21;/h5-6,9,13H,1,4,7H2;/q-1;. The Balaban J connectivity index is 0.00000312. The fraction of sp³-hybridized carbons (Fsp3) is 0.333. The van der Waals surface area contributed by atoms with Crippen LogP contribution in [0.2, 0.25) is 0 Å². The molecule has 1 aromatic rings. The van der Waals surface area contributed by atoms with Gasteiger partial charge in [-0.2, -0.15) is 5.26 Å². The molecule has 10 heteroatoms. The number of carbonyl (C=O) groups is 1. The maximum Gasteiger partial charge on any atom is 0.256 e. The maximum atomic E-state index is 14.2. The normalized spacial score (nSPS) is 17.0. The largest absolute Gasteiger partial charge is 0.479 e. The van der Waals surface area contributed by atoms with Gasteiger partial charge in [0.1, 0.15) is 17.2 Å². The van der Waals surface area contributed by atoms with Gasteiger partial charge in [-0.25, -0.2) is 23.6 Å². The Hall–Kier alpha value is -1.17. The number of nitriles is 1. The van der Waals surface area contributed by atoms with E-state index in [1.54, 1.807) is 6.07 Å². The molecule has 1 aliphatic heterocycles. The average Bonchev–Trinajstić information content (AvgIpc) is 2.51. The number of allylic oxidation sites excluding steroid dienone is 1. The molecule has 1 heterocycles. The quantitative estimate of drug-likeness (QED) is 0.394. The van der Waals surface area contributed by atoms with Gasteiger partial charge in [-0.1, -0.05) is 12.0 Å². The van der Waals surface area contributed by atoms with E-state index >= 15 is 0 Å². The molecule has 1 radical (unpaired) electrons. The van der Waals surface area contributed by atoms with Crippen molar-refractivity contribution in [1.82, 2.24) is 4.90 Å². The van der Waals surface area contributed by atoms with Crippen LogP contribution in [0.1, 0.15) is 12.0 Å². The van der Waals surface area contributed by atoms with Gasteiger partial charge >= 0.3 is 0 Å². The van der Waals surface area contributed by atoms with Gasteiger partial charge in [0.05, 0.1) is 18.2 Å². The average molecular weight is 451 g/mol. The van der Waals surface area contributed by atoms with Crippen molar-refractivity contribution in [3.63, 3.8) is 0 Å². The Labute approximate surface area is 171 Å². The SMILES string of the molecule is N#CCOc1cc(F)c(C2=[C-]CC(Cl)C(=O)N2CC(F)F)c(F)c1.[Y]. The summed E-state index contributed by atoms with van der Waals surface area (Å²) in [6, 6.07) is 3.22. The first-order chi connectivity index (χ1) is 11.3.